The van der Waals surface area contributed by atoms with Crippen molar-refractivity contribution in [2.24, 2.45) is 5.73 Å². The Balaban J connectivity index is 1.64. The first-order chi connectivity index (χ1) is 15.7. The van der Waals surface area contributed by atoms with Crippen molar-refractivity contribution >= 4 is 23.3 Å². The van der Waals surface area contributed by atoms with Crippen LogP contribution in [-0.2, 0) is 10.2 Å². The van der Waals surface area contributed by atoms with E-state index < -0.39 is 23.0 Å². The third kappa shape index (κ3) is 4.23. The molecular weight excluding hydrogens is 430 g/mol. The number of rotatable bonds is 6. The van der Waals surface area contributed by atoms with Crippen LogP contribution in [0.4, 0.5) is 20.3 Å². The van der Waals surface area contributed by atoms with Crippen LogP contribution in [0.3, 0.4) is 0 Å². The van der Waals surface area contributed by atoms with Gasteiger partial charge in [0, 0.05) is 19.3 Å². The summed E-state index contributed by atoms with van der Waals surface area (Å²) in [6, 6.07) is 8.09. The first-order valence-corrected chi connectivity index (χ1v) is 10.3. The largest absolute Gasteiger partial charge is 0.364 e. The van der Waals surface area contributed by atoms with Crippen LogP contribution >= 0.6 is 0 Å². The van der Waals surface area contributed by atoms with Crippen LogP contribution in [0.1, 0.15) is 36.3 Å². The zero-order chi connectivity index (χ0) is 23.8. The van der Waals surface area contributed by atoms with E-state index in [0.717, 1.165) is 37.2 Å². The maximum Gasteiger partial charge on any atom is 0.271 e. The lowest BCUT2D eigenvalue weighted by atomic mass is 9.83. The fourth-order valence-corrected chi connectivity index (χ4v) is 3.55. The molecule has 2 amide bonds. The predicted molar refractivity (Wildman–Crippen MR) is 118 cm³/mol. The summed E-state index contributed by atoms with van der Waals surface area (Å²) in [5.41, 5.74) is 4.74. The number of hydrogen-bond acceptors (Lipinski definition) is 6. The number of carbonyl (C=O) groups excluding carboxylic acids is 2. The molecule has 33 heavy (non-hydrogen) atoms. The minimum absolute atomic E-state index is 0.0298. The second-order valence-electron chi connectivity index (χ2n) is 8.28. The van der Waals surface area contributed by atoms with Gasteiger partial charge in [-0.2, -0.15) is 0 Å². The third-order valence-corrected chi connectivity index (χ3v) is 5.67. The number of nitrogens with two attached hydrogens (primary N) is 1. The number of nitrogens with zero attached hydrogens (tertiary/aromatic N) is 4. The number of pyridine rings is 1. The number of anilines is 2. The van der Waals surface area contributed by atoms with Gasteiger partial charge in [-0.15, -0.1) is 10.2 Å². The number of halogens is 2. The van der Waals surface area contributed by atoms with Crippen LogP contribution in [0, 0.1) is 11.6 Å². The molecule has 3 N–H and O–H groups in total. The number of amides is 2. The van der Waals surface area contributed by atoms with Gasteiger partial charge >= 0.3 is 0 Å². The minimum atomic E-state index is -0.872. The number of benzene rings is 1. The molecule has 1 aliphatic heterocycles. The quantitative estimate of drug-likeness (QED) is 0.594. The lowest BCUT2D eigenvalue weighted by Gasteiger charge is -2.37. The zero-order valence-electron chi connectivity index (χ0n) is 18.1. The molecule has 3 aromatic rings. The Morgan fingerprint density at radius 1 is 1.09 bits per heavy atom. The molecule has 0 unspecified atom stereocenters. The highest BCUT2D eigenvalue weighted by atomic mass is 19.1. The third-order valence-electron chi connectivity index (χ3n) is 5.67. The summed E-state index contributed by atoms with van der Waals surface area (Å²) in [7, 11) is 0. The Morgan fingerprint density at radius 2 is 1.79 bits per heavy atom. The van der Waals surface area contributed by atoms with Crippen molar-refractivity contribution in [3.05, 3.63) is 65.5 Å². The highest BCUT2D eigenvalue weighted by molar-refractivity contribution is 5.97. The number of likely N-dealkylation sites (tertiary alicyclic amines) is 1. The molecule has 1 aliphatic rings. The van der Waals surface area contributed by atoms with Crippen molar-refractivity contribution in [1.29, 1.82) is 0 Å². The molecule has 0 atom stereocenters. The molecule has 1 fully saturated rings. The van der Waals surface area contributed by atoms with Gasteiger partial charge in [0.15, 0.2) is 5.69 Å². The fraction of sp³-hybridized carbons (Fsp3) is 0.261. The van der Waals surface area contributed by atoms with Gasteiger partial charge in [0.05, 0.1) is 16.7 Å². The molecule has 0 spiro atoms. The van der Waals surface area contributed by atoms with Gasteiger partial charge in [-0.3, -0.25) is 9.59 Å². The van der Waals surface area contributed by atoms with E-state index in [-0.39, 0.29) is 28.5 Å². The number of aromatic nitrogens is 3. The van der Waals surface area contributed by atoms with E-state index >= 15 is 0 Å². The van der Waals surface area contributed by atoms with Crippen LogP contribution in [0.2, 0.25) is 0 Å². The summed E-state index contributed by atoms with van der Waals surface area (Å²) in [6.45, 7) is 5.19. The number of carbonyl (C=O) groups is 2. The average Bonchev–Trinajstić information content (AvgIpc) is 2.73. The molecule has 10 heteroatoms. The Kier molecular flexibility index (Phi) is 5.75. The van der Waals surface area contributed by atoms with Crippen molar-refractivity contribution in [3.8, 4) is 11.3 Å². The molecule has 3 heterocycles. The molecule has 170 valence electrons. The number of hydrogen-bond donors (Lipinski definition) is 2. The molecule has 0 saturated carbocycles. The van der Waals surface area contributed by atoms with Crippen molar-refractivity contribution in [3.63, 3.8) is 0 Å². The molecule has 0 bridgehead atoms. The van der Waals surface area contributed by atoms with E-state index in [1.807, 2.05) is 13.8 Å². The van der Waals surface area contributed by atoms with Crippen LogP contribution in [0.5, 0.6) is 0 Å². The molecule has 4 rings (SSSR count). The smallest absolute Gasteiger partial charge is 0.271 e. The Labute approximate surface area is 188 Å². The molecule has 0 aliphatic carbocycles. The van der Waals surface area contributed by atoms with Crippen molar-refractivity contribution < 1.29 is 18.4 Å². The maximum atomic E-state index is 14.2. The van der Waals surface area contributed by atoms with Crippen LogP contribution in [0.25, 0.3) is 11.3 Å². The van der Waals surface area contributed by atoms with Gasteiger partial charge in [0.1, 0.15) is 23.1 Å². The summed E-state index contributed by atoms with van der Waals surface area (Å²) in [5.74, 6) is -2.16. The van der Waals surface area contributed by atoms with Crippen LogP contribution in [0.15, 0.2) is 42.6 Å². The highest BCUT2D eigenvalue weighted by Crippen LogP contribution is 2.30. The zero-order valence-corrected chi connectivity index (χ0v) is 18.1. The SMILES string of the molecule is CC(C)(C(=O)N1CCC1)c1ccc(Nc2cc(-c3c(F)cccc3F)nnc2C(N)=O)nc1. The van der Waals surface area contributed by atoms with Gasteiger partial charge in [0.25, 0.3) is 5.91 Å². The summed E-state index contributed by atoms with van der Waals surface area (Å²) >= 11 is 0. The standard InChI is InChI=1S/C23H22F2N6O2/c1-23(2,22(33)31-9-4-10-31)13-7-8-18(27-12-13)28-17-11-16(29-30-20(17)21(26)32)19-14(24)5-3-6-15(19)25/h3,5-8,11-12H,4,9-10H2,1-2H3,(H2,26,32)(H,27,28,29). The second kappa shape index (κ2) is 8.53. The van der Waals surface area contributed by atoms with Crippen LogP contribution in [-0.4, -0.2) is 45.0 Å². The Bertz CT molecular complexity index is 1210. The lowest BCUT2D eigenvalue weighted by molar-refractivity contribution is -0.139. The molecule has 8 nitrogen and oxygen atoms in total. The van der Waals surface area contributed by atoms with Crippen molar-refractivity contribution in [1.82, 2.24) is 20.1 Å². The van der Waals surface area contributed by atoms with Gasteiger partial charge in [0.2, 0.25) is 5.91 Å². The molecule has 2 aromatic heterocycles. The molecule has 0 radical (unpaired) electrons. The Morgan fingerprint density at radius 3 is 2.33 bits per heavy atom. The first kappa shape index (κ1) is 22.3. The van der Waals surface area contributed by atoms with E-state index in [4.69, 9.17) is 5.73 Å². The van der Waals surface area contributed by atoms with Crippen molar-refractivity contribution in [2.45, 2.75) is 25.7 Å². The monoisotopic (exact) mass is 452 g/mol. The molecule has 1 aromatic carbocycles. The lowest BCUT2D eigenvalue weighted by Crippen LogP contribution is -2.50. The number of primary amides is 1. The fourth-order valence-electron chi connectivity index (χ4n) is 3.55. The predicted octanol–water partition coefficient (Wildman–Crippen LogP) is 3.17. The maximum absolute atomic E-state index is 14.2. The van der Waals surface area contributed by atoms with Gasteiger partial charge < -0.3 is 16.0 Å². The highest BCUT2D eigenvalue weighted by Gasteiger charge is 2.36. The second-order valence-corrected chi connectivity index (χ2v) is 8.28. The topological polar surface area (TPSA) is 114 Å². The van der Waals surface area contributed by atoms with Crippen LogP contribution < -0.4 is 11.1 Å². The summed E-state index contributed by atoms with van der Waals surface area (Å²) in [6.07, 6.45) is 2.57. The summed E-state index contributed by atoms with van der Waals surface area (Å²) < 4.78 is 28.4. The van der Waals surface area contributed by atoms with Gasteiger partial charge in [-0.1, -0.05) is 12.1 Å². The van der Waals surface area contributed by atoms with E-state index in [1.54, 1.807) is 23.2 Å². The van der Waals surface area contributed by atoms with E-state index in [9.17, 15) is 18.4 Å². The van der Waals surface area contributed by atoms with Crippen molar-refractivity contribution in [2.75, 3.05) is 18.4 Å². The molecule has 1 saturated heterocycles. The number of nitrogens with one attached hydrogen (secondary N) is 1. The van der Waals surface area contributed by atoms with E-state index in [2.05, 4.69) is 20.5 Å². The van der Waals surface area contributed by atoms with Gasteiger partial charge in [-0.25, -0.2) is 13.8 Å². The van der Waals surface area contributed by atoms with E-state index in [0.29, 0.717) is 5.82 Å². The van der Waals surface area contributed by atoms with E-state index in [1.165, 1.54) is 12.1 Å². The minimum Gasteiger partial charge on any atom is -0.364 e. The summed E-state index contributed by atoms with van der Waals surface area (Å²) in [4.78, 5) is 30.7. The van der Waals surface area contributed by atoms with Gasteiger partial charge in [-0.05, 0) is 50.1 Å². The summed E-state index contributed by atoms with van der Waals surface area (Å²) in [5, 5.41) is 10.4. The normalized spacial score (nSPS) is 13.4. The first-order valence-electron chi connectivity index (χ1n) is 10.3. The molecular formula is C23H22F2N6O2. The average molecular weight is 452 g/mol. The Hall–Kier alpha value is -3.95.